The van der Waals surface area contributed by atoms with Gasteiger partial charge in [0.2, 0.25) is 0 Å². The fraction of sp³-hybridized carbons (Fsp3) is 0.280. The monoisotopic (exact) mass is 448 g/mol. The van der Waals surface area contributed by atoms with Gasteiger partial charge in [0.15, 0.2) is 0 Å². The van der Waals surface area contributed by atoms with Crippen molar-refractivity contribution in [1.29, 1.82) is 0 Å². The number of nitrogens with two attached hydrogens (primary N) is 1. The molecular formula is C25H28N4O4. The number of hydrogen-bond donors (Lipinski definition) is 4. The maximum absolute atomic E-state index is 12.2. The molecule has 2 amide bonds. The Morgan fingerprint density at radius 2 is 1.82 bits per heavy atom. The lowest BCUT2D eigenvalue weighted by Gasteiger charge is -2.26. The van der Waals surface area contributed by atoms with E-state index in [2.05, 4.69) is 46.3 Å². The van der Waals surface area contributed by atoms with Crippen LogP contribution in [-0.4, -0.2) is 60.8 Å². The van der Waals surface area contributed by atoms with Gasteiger partial charge in [0.25, 0.3) is 11.8 Å². The van der Waals surface area contributed by atoms with Gasteiger partial charge in [-0.05, 0) is 47.5 Å². The van der Waals surface area contributed by atoms with Gasteiger partial charge in [-0.2, -0.15) is 0 Å². The van der Waals surface area contributed by atoms with E-state index in [0.29, 0.717) is 5.56 Å². The van der Waals surface area contributed by atoms with Crippen molar-refractivity contribution in [2.45, 2.75) is 12.6 Å². The summed E-state index contributed by atoms with van der Waals surface area (Å²) in [6.45, 7) is 4.34. The zero-order valence-electron chi connectivity index (χ0n) is 18.3. The van der Waals surface area contributed by atoms with E-state index >= 15 is 0 Å². The Morgan fingerprint density at radius 1 is 1.12 bits per heavy atom. The lowest BCUT2D eigenvalue weighted by molar-refractivity contribution is -0.130. The van der Waals surface area contributed by atoms with E-state index in [0.717, 1.165) is 44.0 Å². The van der Waals surface area contributed by atoms with Crippen molar-refractivity contribution in [2.24, 2.45) is 5.73 Å². The van der Waals surface area contributed by atoms with Crippen molar-refractivity contribution in [3.05, 3.63) is 76.9 Å². The zero-order chi connectivity index (χ0) is 23.5. The molecule has 2 aromatic rings. The van der Waals surface area contributed by atoms with Gasteiger partial charge < -0.3 is 15.8 Å². The average molecular weight is 449 g/mol. The third kappa shape index (κ3) is 7.56. The molecule has 3 rings (SSSR count). The van der Waals surface area contributed by atoms with E-state index in [-0.39, 0.29) is 6.54 Å². The average Bonchev–Trinajstić information content (AvgIpc) is 2.86. The number of ether oxygens (including phenoxy) is 1. The Kier molecular flexibility index (Phi) is 9.18. The Labute approximate surface area is 193 Å². The van der Waals surface area contributed by atoms with Crippen molar-refractivity contribution in [2.75, 3.05) is 32.8 Å². The Morgan fingerprint density at radius 3 is 2.45 bits per heavy atom. The van der Waals surface area contributed by atoms with Crippen LogP contribution >= 0.6 is 0 Å². The van der Waals surface area contributed by atoms with Crippen LogP contribution < -0.4 is 16.5 Å². The second kappa shape index (κ2) is 12.5. The van der Waals surface area contributed by atoms with Crippen LogP contribution in [0.4, 0.5) is 0 Å². The summed E-state index contributed by atoms with van der Waals surface area (Å²) < 4.78 is 5.38. The molecule has 172 valence electrons. The Balaban J connectivity index is 1.51. The minimum absolute atomic E-state index is 0.134. The molecule has 1 aliphatic rings. The molecule has 8 nitrogen and oxygen atoms in total. The molecule has 0 radical (unpaired) electrons. The molecule has 0 aromatic heterocycles. The summed E-state index contributed by atoms with van der Waals surface area (Å²) in [5.74, 6) is 4.78. The van der Waals surface area contributed by atoms with Crippen LogP contribution in [0.1, 0.15) is 27.0 Å². The van der Waals surface area contributed by atoms with Crippen LogP contribution in [0.3, 0.4) is 0 Å². The van der Waals surface area contributed by atoms with Gasteiger partial charge in [0, 0.05) is 37.3 Å². The van der Waals surface area contributed by atoms with Crippen LogP contribution in [0.2, 0.25) is 0 Å². The number of carbonyl (C=O) groups excluding carboxylic acids is 2. The SMILES string of the molecule is NC[C@H](NC(=O)c1ccc(C#C/C=C\c2ccc(CN3CCOCC3)cc2)cc1)C(=O)NO. The molecule has 1 atom stereocenters. The summed E-state index contributed by atoms with van der Waals surface area (Å²) in [5.41, 5.74) is 10.4. The highest BCUT2D eigenvalue weighted by Gasteiger charge is 2.19. The van der Waals surface area contributed by atoms with Crippen LogP contribution in [0.15, 0.2) is 54.6 Å². The molecular weight excluding hydrogens is 420 g/mol. The smallest absolute Gasteiger partial charge is 0.267 e. The first-order valence-corrected chi connectivity index (χ1v) is 10.7. The van der Waals surface area contributed by atoms with Crippen LogP contribution in [0.5, 0.6) is 0 Å². The van der Waals surface area contributed by atoms with Gasteiger partial charge >= 0.3 is 0 Å². The van der Waals surface area contributed by atoms with E-state index in [4.69, 9.17) is 15.7 Å². The molecule has 0 unspecified atom stereocenters. The molecule has 0 bridgehead atoms. The lowest BCUT2D eigenvalue weighted by Crippen LogP contribution is -2.50. The molecule has 1 aliphatic heterocycles. The lowest BCUT2D eigenvalue weighted by atomic mass is 10.1. The van der Waals surface area contributed by atoms with Gasteiger partial charge in [-0.25, -0.2) is 5.48 Å². The Hall–Kier alpha value is -3.48. The van der Waals surface area contributed by atoms with E-state index < -0.39 is 17.9 Å². The van der Waals surface area contributed by atoms with Crippen molar-refractivity contribution in [3.8, 4) is 11.8 Å². The van der Waals surface area contributed by atoms with Crippen molar-refractivity contribution < 1.29 is 19.5 Å². The number of morpholine rings is 1. The predicted molar refractivity (Wildman–Crippen MR) is 125 cm³/mol. The standard InChI is InChI=1S/C25H28N4O4/c26-17-23(25(31)28-32)27-24(30)22-11-9-20(10-12-22)4-2-1-3-19-5-7-21(8-6-19)18-29-13-15-33-16-14-29/h1,3,5-12,23,32H,13-18,26H2,(H,27,30)(H,28,31)/b3-1-/t23-/m0/s1. The molecule has 0 aliphatic carbocycles. The maximum atomic E-state index is 12.2. The van der Waals surface area contributed by atoms with Crippen molar-refractivity contribution in [1.82, 2.24) is 15.7 Å². The second-order valence-corrected chi connectivity index (χ2v) is 7.55. The fourth-order valence-electron chi connectivity index (χ4n) is 3.27. The zero-order valence-corrected chi connectivity index (χ0v) is 18.3. The van der Waals surface area contributed by atoms with Crippen LogP contribution in [0, 0.1) is 11.8 Å². The minimum atomic E-state index is -1.01. The number of nitrogens with zero attached hydrogens (tertiary/aromatic N) is 1. The number of allylic oxidation sites excluding steroid dienone is 1. The maximum Gasteiger partial charge on any atom is 0.267 e. The number of carbonyl (C=O) groups is 2. The van der Waals surface area contributed by atoms with Gasteiger partial charge in [-0.3, -0.25) is 19.7 Å². The van der Waals surface area contributed by atoms with Crippen molar-refractivity contribution in [3.63, 3.8) is 0 Å². The van der Waals surface area contributed by atoms with Gasteiger partial charge in [0.1, 0.15) is 6.04 Å². The topological polar surface area (TPSA) is 117 Å². The molecule has 33 heavy (non-hydrogen) atoms. The van der Waals surface area contributed by atoms with E-state index in [1.807, 2.05) is 6.08 Å². The largest absolute Gasteiger partial charge is 0.379 e. The molecule has 1 heterocycles. The molecule has 0 spiro atoms. The number of hydroxylamine groups is 1. The molecule has 5 N–H and O–H groups in total. The summed E-state index contributed by atoms with van der Waals surface area (Å²) in [5, 5.41) is 11.1. The van der Waals surface area contributed by atoms with E-state index in [1.165, 1.54) is 11.0 Å². The van der Waals surface area contributed by atoms with Crippen LogP contribution in [0.25, 0.3) is 6.08 Å². The molecule has 2 aromatic carbocycles. The first kappa shape index (κ1) is 24.2. The highest BCUT2D eigenvalue weighted by atomic mass is 16.5. The third-order valence-electron chi connectivity index (χ3n) is 5.18. The molecule has 1 fully saturated rings. The first-order chi connectivity index (χ1) is 16.1. The fourth-order valence-corrected chi connectivity index (χ4v) is 3.27. The Bertz CT molecular complexity index is 1020. The molecule has 0 saturated carbocycles. The van der Waals surface area contributed by atoms with Gasteiger partial charge in [-0.15, -0.1) is 0 Å². The highest BCUT2D eigenvalue weighted by Crippen LogP contribution is 2.10. The van der Waals surface area contributed by atoms with E-state index in [9.17, 15) is 9.59 Å². The summed E-state index contributed by atoms with van der Waals surface area (Å²) in [6.07, 6.45) is 3.74. The summed E-state index contributed by atoms with van der Waals surface area (Å²) in [6, 6.07) is 14.1. The van der Waals surface area contributed by atoms with E-state index in [1.54, 1.807) is 30.3 Å². The molecule has 1 saturated heterocycles. The quantitative estimate of drug-likeness (QED) is 0.287. The number of benzene rings is 2. The second-order valence-electron chi connectivity index (χ2n) is 7.55. The normalized spacial score (nSPS) is 14.8. The van der Waals surface area contributed by atoms with Gasteiger partial charge in [0.05, 0.1) is 13.2 Å². The van der Waals surface area contributed by atoms with Gasteiger partial charge in [-0.1, -0.05) is 36.1 Å². The minimum Gasteiger partial charge on any atom is -0.379 e. The first-order valence-electron chi connectivity index (χ1n) is 10.7. The number of rotatable bonds is 7. The number of hydrogen-bond acceptors (Lipinski definition) is 6. The third-order valence-corrected chi connectivity index (χ3v) is 5.18. The molecule has 8 heteroatoms. The summed E-state index contributed by atoms with van der Waals surface area (Å²) in [7, 11) is 0. The summed E-state index contributed by atoms with van der Waals surface area (Å²) in [4.78, 5) is 26.0. The number of nitrogens with one attached hydrogen (secondary N) is 2. The predicted octanol–water partition coefficient (Wildman–Crippen LogP) is 1.15. The van der Waals surface area contributed by atoms with Crippen LogP contribution in [-0.2, 0) is 16.1 Å². The number of amides is 2. The van der Waals surface area contributed by atoms with Crippen molar-refractivity contribution >= 4 is 17.9 Å². The highest BCUT2D eigenvalue weighted by molar-refractivity contribution is 5.97. The summed E-state index contributed by atoms with van der Waals surface area (Å²) >= 11 is 0.